The lowest BCUT2D eigenvalue weighted by Crippen LogP contribution is -2.50. The van der Waals surface area contributed by atoms with Crippen LogP contribution in [-0.2, 0) is 16.1 Å². The monoisotopic (exact) mass is 333 g/mol. The molecule has 0 unspecified atom stereocenters. The minimum absolute atomic E-state index is 0.107. The number of nitrogens with zero attached hydrogens (tertiary/aromatic N) is 1. The zero-order chi connectivity index (χ0) is 17.5. The molecule has 0 radical (unpaired) electrons. The van der Waals surface area contributed by atoms with E-state index in [0.717, 1.165) is 38.0 Å². The summed E-state index contributed by atoms with van der Waals surface area (Å²) in [6, 6.07) is 8.08. The third-order valence-electron chi connectivity index (χ3n) is 4.58. The predicted molar refractivity (Wildman–Crippen MR) is 92.4 cm³/mol. The number of ether oxygens (including phenoxy) is 1. The summed E-state index contributed by atoms with van der Waals surface area (Å²) in [5.41, 5.74) is 6.21. The first-order valence-electron chi connectivity index (χ1n) is 8.48. The standard InChI is InChI=1S/C18H27N3O3/c1-3-15-11-21(13(2)22)9-8-17(15)20-10-14-4-6-16(7-5-14)24-12-18(19)23/h4-7,15,17,20H,3,8-12H2,1-2H3,(H2,19,23)/t15-,17+/m1/s1. The third kappa shape index (κ3) is 5.23. The van der Waals surface area contributed by atoms with Crippen LogP contribution >= 0.6 is 0 Å². The molecule has 2 amide bonds. The number of piperidine rings is 1. The molecule has 132 valence electrons. The van der Waals surface area contributed by atoms with Crippen LogP contribution in [0.4, 0.5) is 0 Å². The van der Waals surface area contributed by atoms with Crippen molar-refractivity contribution in [2.24, 2.45) is 11.7 Å². The first-order valence-corrected chi connectivity index (χ1v) is 8.48. The number of likely N-dealkylation sites (tertiary alicyclic amines) is 1. The topological polar surface area (TPSA) is 84.7 Å². The van der Waals surface area contributed by atoms with E-state index in [0.29, 0.717) is 17.7 Å². The van der Waals surface area contributed by atoms with E-state index in [1.165, 1.54) is 0 Å². The lowest BCUT2D eigenvalue weighted by atomic mass is 9.89. The first kappa shape index (κ1) is 18.3. The highest BCUT2D eigenvalue weighted by Gasteiger charge is 2.28. The molecule has 2 rings (SSSR count). The molecule has 1 fully saturated rings. The van der Waals surface area contributed by atoms with Crippen LogP contribution in [0.1, 0.15) is 32.3 Å². The summed E-state index contributed by atoms with van der Waals surface area (Å²) >= 11 is 0. The first-order chi connectivity index (χ1) is 11.5. The maximum Gasteiger partial charge on any atom is 0.255 e. The van der Waals surface area contributed by atoms with Gasteiger partial charge >= 0.3 is 0 Å². The van der Waals surface area contributed by atoms with Crippen LogP contribution in [0.2, 0.25) is 0 Å². The van der Waals surface area contributed by atoms with E-state index in [1.807, 2.05) is 29.2 Å². The maximum absolute atomic E-state index is 11.5. The molecule has 0 aromatic heterocycles. The largest absolute Gasteiger partial charge is 0.484 e. The third-order valence-corrected chi connectivity index (χ3v) is 4.58. The van der Waals surface area contributed by atoms with Gasteiger partial charge in [-0.05, 0) is 30.0 Å². The summed E-state index contributed by atoms with van der Waals surface area (Å²) in [6.07, 6.45) is 2.04. The number of primary amides is 1. The van der Waals surface area contributed by atoms with Crippen LogP contribution < -0.4 is 15.8 Å². The van der Waals surface area contributed by atoms with Gasteiger partial charge in [-0.25, -0.2) is 0 Å². The Balaban J connectivity index is 1.84. The van der Waals surface area contributed by atoms with Gasteiger partial charge in [-0.3, -0.25) is 9.59 Å². The molecule has 2 atom stereocenters. The van der Waals surface area contributed by atoms with Gasteiger partial charge in [0, 0.05) is 32.6 Å². The normalized spacial score (nSPS) is 20.7. The van der Waals surface area contributed by atoms with Crippen LogP contribution in [0.25, 0.3) is 0 Å². The summed E-state index contributed by atoms with van der Waals surface area (Å²) in [7, 11) is 0. The summed E-state index contributed by atoms with van der Waals surface area (Å²) in [5.74, 6) is 0.807. The van der Waals surface area contributed by atoms with Crippen molar-refractivity contribution in [2.45, 2.75) is 39.3 Å². The Morgan fingerprint density at radius 1 is 1.33 bits per heavy atom. The van der Waals surface area contributed by atoms with Crippen LogP contribution in [-0.4, -0.2) is 42.5 Å². The van der Waals surface area contributed by atoms with E-state index in [4.69, 9.17) is 10.5 Å². The lowest BCUT2D eigenvalue weighted by molar-refractivity contribution is -0.131. The number of rotatable bonds is 7. The zero-order valence-corrected chi connectivity index (χ0v) is 14.5. The molecule has 6 heteroatoms. The molecule has 3 N–H and O–H groups in total. The van der Waals surface area contributed by atoms with E-state index in [-0.39, 0.29) is 12.5 Å². The Hall–Kier alpha value is -2.08. The summed E-state index contributed by atoms with van der Waals surface area (Å²) in [6.45, 7) is 6.14. The molecule has 6 nitrogen and oxygen atoms in total. The molecule has 0 spiro atoms. The van der Waals surface area contributed by atoms with Crippen LogP contribution in [0.5, 0.6) is 5.75 Å². The van der Waals surface area contributed by atoms with Gasteiger partial charge in [0.05, 0.1) is 0 Å². The maximum atomic E-state index is 11.5. The van der Waals surface area contributed by atoms with E-state index < -0.39 is 5.91 Å². The second-order valence-corrected chi connectivity index (χ2v) is 6.31. The molecule has 1 saturated heterocycles. The number of hydrogen-bond donors (Lipinski definition) is 2. The molecular weight excluding hydrogens is 306 g/mol. The van der Waals surface area contributed by atoms with Gasteiger partial charge < -0.3 is 20.7 Å². The zero-order valence-electron chi connectivity index (χ0n) is 14.5. The predicted octanol–water partition coefficient (Wildman–Crippen LogP) is 1.29. The highest BCUT2D eigenvalue weighted by atomic mass is 16.5. The quantitative estimate of drug-likeness (QED) is 0.787. The van der Waals surface area contributed by atoms with Crippen LogP contribution in [0, 0.1) is 5.92 Å². The van der Waals surface area contributed by atoms with Crippen LogP contribution in [0.15, 0.2) is 24.3 Å². The van der Waals surface area contributed by atoms with Crippen LogP contribution in [0.3, 0.4) is 0 Å². The molecule has 1 heterocycles. The molecule has 0 bridgehead atoms. The minimum atomic E-state index is -0.483. The molecule has 0 aliphatic carbocycles. The minimum Gasteiger partial charge on any atom is -0.484 e. The fourth-order valence-corrected chi connectivity index (χ4v) is 3.11. The van der Waals surface area contributed by atoms with E-state index in [2.05, 4.69) is 12.2 Å². The smallest absolute Gasteiger partial charge is 0.255 e. The highest BCUT2D eigenvalue weighted by molar-refractivity contribution is 5.75. The highest BCUT2D eigenvalue weighted by Crippen LogP contribution is 2.21. The second kappa shape index (κ2) is 8.68. The molecule has 1 aromatic rings. The van der Waals surface area contributed by atoms with Crippen molar-refractivity contribution < 1.29 is 14.3 Å². The Morgan fingerprint density at radius 3 is 2.62 bits per heavy atom. The van der Waals surface area contributed by atoms with E-state index in [1.54, 1.807) is 6.92 Å². The Morgan fingerprint density at radius 2 is 2.04 bits per heavy atom. The van der Waals surface area contributed by atoms with Crippen molar-refractivity contribution in [1.82, 2.24) is 10.2 Å². The van der Waals surface area contributed by atoms with Crippen molar-refractivity contribution in [3.05, 3.63) is 29.8 Å². The molecule has 1 aliphatic heterocycles. The van der Waals surface area contributed by atoms with Crippen molar-refractivity contribution in [2.75, 3.05) is 19.7 Å². The van der Waals surface area contributed by atoms with Crippen molar-refractivity contribution in [3.63, 3.8) is 0 Å². The average Bonchev–Trinajstić information content (AvgIpc) is 2.58. The summed E-state index contributed by atoms with van der Waals surface area (Å²) < 4.78 is 5.25. The number of nitrogens with one attached hydrogen (secondary N) is 1. The molecular formula is C18H27N3O3. The Labute approximate surface area is 143 Å². The summed E-state index contributed by atoms with van der Waals surface area (Å²) in [5, 5.41) is 3.62. The lowest BCUT2D eigenvalue weighted by Gasteiger charge is -2.38. The fourth-order valence-electron chi connectivity index (χ4n) is 3.11. The number of nitrogens with two attached hydrogens (primary N) is 1. The van der Waals surface area contributed by atoms with Gasteiger partial charge in [-0.1, -0.05) is 25.5 Å². The van der Waals surface area contributed by atoms with Gasteiger partial charge in [-0.2, -0.15) is 0 Å². The van der Waals surface area contributed by atoms with Crippen molar-refractivity contribution in [1.29, 1.82) is 0 Å². The summed E-state index contributed by atoms with van der Waals surface area (Å²) in [4.78, 5) is 24.2. The Bertz CT molecular complexity index is 559. The van der Waals surface area contributed by atoms with E-state index in [9.17, 15) is 9.59 Å². The van der Waals surface area contributed by atoms with Gasteiger partial charge in [0.25, 0.3) is 5.91 Å². The average molecular weight is 333 g/mol. The van der Waals surface area contributed by atoms with Gasteiger partial charge in [-0.15, -0.1) is 0 Å². The second-order valence-electron chi connectivity index (χ2n) is 6.31. The Kier molecular flexibility index (Phi) is 6.61. The fraction of sp³-hybridized carbons (Fsp3) is 0.556. The molecule has 1 aliphatic rings. The number of benzene rings is 1. The number of hydrogen-bond acceptors (Lipinski definition) is 4. The van der Waals surface area contributed by atoms with E-state index >= 15 is 0 Å². The number of carbonyl (C=O) groups is 2. The number of carbonyl (C=O) groups excluding carboxylic acids is 2. The molecule has 24 heavy (non-hydrogen) atoms. The SMILES string of the molecule is CC[C@@H]1CN(C(C)=O)CC[C@@H]1NCc1ccc(OCC(N)=O)cc1. The van der Waals surface area contributed by atoms with Gasteiger partial charge in [0.15, 0.2) is 6.61 Å². The molecule has 1 aromatic carbocycles. The van der Waals surface area contributed by atoms with Crippen molar-refractivity contribution >= 4 is 11.8 Å². The molecule has 0 saturated carbocycles. The van der Waals surface area contributed by atoms with Gasteiger partial charge in [0.1, 0.15) is 5.75 Å². The van der Waals surface area contributed by atoms with Crippen molar-refractivity contribution in [3.8, 4) is 5.75 Å². The van der Waals surface area contributed by atoms with Gasteiger partial charge in [0.2, 0.25) is 5.91 Å². The number of amides is 2.